The molecule has 2 aromatic carbocycles. The zero-order valence-corrected chi connectivity index (χ0v) is 16.9. The van der Waals surface area contributed by atoms with Gasteiger partial charge < -0.3 is 13.7 Å². The number of aryl methyl sites for hydroxylation is 1. The van der Waals surface area contributed by atoms with Crippen LogP contribution in [0.15, 0.2) is 70.2 Å². The van der Waals surface area contributed by atoms with Gasteiger partial charge in [0.05, 0.1) is 24.3 Å². The Morgan fingerprint density at radius 1 is 1.23 bits per heavy atom. The summed E-state index contributed by atoms with van der Waals surface area (Å²) in [4.78, 5) is 26.8. The minimum Gasteiger partial charge on any atom is -0.463 e. The van der Waals surface area contributed by atoms with Crippen LogP contribution in [0, 0.1) is 17.0 Å². The van der Waals surface area contributed by atoms with Gasteiger partial charge in [-0.2, -0.15) is 0 Å². The fourth-order valence-corrected chi connectivity index (χ4v) is 3.37. The van der Waals surface area contributed by atoms with Gasteiger partial charge in [-0.3, -0.25) is 15.1 Å². The lowest BCUT2D eigenvalue weighted by Crippen LogP contribution is -1.99. The van der Waals surface area contributed by atoms with E-state index in [9.17, 15) is 14.9 Å². The van der Waals surface area contributed by atoms with Gasteiger partial charge in [0, 0.05) is 40.5 Å². The minimum absolute atomic E-state index is 0.0382. The van der Waals surface area contributed by atoms with Crippen molar-refractivity contribution in [3.05, 3.63) is 93.6 Å². The summed E-state index contributed by atoms with van der Waals surface area (Å²) in [6.07, 6.45) is 3.62. The van der Waals surface area contributed by atoms with Crippen molar-refractivity contribution in [3.8, 4) is 0 Å². The summed E-state index contributed by atoms with van der Waals surface area (Å²) in [7, 11) is 1.30. The number of hydrogen-bond donors (Lipinski definition) is 0. The second kappa shape index (κ2) is 8.27. The Morgan fingerprint density at radius 3 is 2.81 bits per heavy atom. The molecule has 156 valence electrons. The number of aliphatic imine (C=N–C) groups is 1. The highest BCUT2D eigenvalue weighted by Crippen LogP contribution is 2.26. The van der Waals surface area contributed by atoms with E-state index in [-0.39, 0.29) is 11.4 Å². The van der Waals surface area contributed by atoms with E-state index < -0.39 is 10.9 Å². The lowest BCUT2D eigenvalue weighted by atomic mass is 10.2. The van der Waals surface area contributed by atoms with Crippen LogP contribution in [0.25, 0.3) is 10.9 Å². The van der Waals surface area contributed by atoms with E-state index in [0.29, 0.717) is 23.6 Å². The fourth-order valence-electron chi connectivity index (χ4n) is 3.37. The van der Waals surface area contributed by atoms with Gasteiger partial charge in [-0.1, -0.05) is 24.3 Å². The number of fused-ring (bicyclic) bond motifs is 1. The molecule has 8 nitrogen and oxygen atoms in total. The number of furan rings is 1. The molecule has 0 spiro atoms. The molecule has 0 radical (unpaired) electrons. The largest absolute Gasteiger partial charge is 0.463 e. The molecular formula is C23H19N3O5. The smallest absolute Gasteiger partial charge is 0.373 e. The van der Waals surface area contributed by atoms with Crippen molar-refractivity contribution in [2.24, 2.45) is 4.99 Å². The number of carbonyl (C=O) groups is 1. The molecule has 31 heavy (non-hydrogen) atoms. The van der Waals surface area contributed by atoms with Crippen LogP contribution < -0.4 is 0 Å². The van der Waals surface area contributed by atoms with Crippen molar-refractivity contribution in [2.45, 2.75) is 13.5 Å². The predicted octanol–water partition coefficient (Wildman–Crippen LogP) is 5.04. The number of para-hydroxylation sites is 1. The Bertz CT molecular complexity index is 1320. The second-order valence-corrected chi connectivity index (χ2v) is 6.97. The number of carbonyl (C=O) groups excluding carboxylic acids is 1. The van der Waals surface area contributed by atoms with Crippen LogP contribution in [0.2, 0.25) is 0 Å². The van der Waals surface area contributed by atoms with Crippen LogP contribution in [-0.4, -0.2) is 28.8 Å². The number of rotatable bonds is 6. The molecule has 0 bridgehead atoms. The summed E-state index contributed by atoms with van der Waals surface area (Å²) in [6, 6.07) is 16.0. The third-order valence-electron chi connectivity index (χ3n) is 4.94. The summed E-state index contributed by atoms with van der Waals surface area (Å²) in [5, 5.41) is 12.2. The van der Waals surface area contributed by atoms with E-state index in [1.165, 1.54) is 13.2 Å². The standard InChI is InChI=1S/C23H19N3O5/c1-15-7-8-17(11-21(15)26(28)29)24-12-16-13-25(20-6-4-3-5-19(16)20)14-18-9-10-22(31-18)23(27)30-2/h3-13H,14H2,1-2H3. The van der Waals surface area contributed by atoms with E-state index in [1.807, 2.05) is 35.0 Å². The maximum atomic E-state index is 11.6. The molecule has 8 heteroatoms. The summed E-state index contributed by atoms with van der Waals surface area (Å²) >= 11 is 0. The quantitative estimate of drug-likeness (QED) is 0.189. The Kier molecular flexibility index (Phi) is 5.36. The number of hydrogen-bond acceptors (Lipinski definition) is 6. The molecule has 4 aromatic rings. The lowest BCUT2D eigenvalue weighted by molar-refractivity contribution is -0.385. The number of benzene rings is 2. The highest BCUT2D eigenvalue weighted by molar-refractivity contribution is 6.00. The van der Waals surface area contributed by atoms with Gasteiger partial charge in [0.1, 0.15) is 5.76 Å². The van der Waals surface area contributed by atoms with Gasteiger partial charge in [0.25, 0.3) is 5.69 Å². The van der Waals surface area contributed by atoms with E-state index in [4.69, 9.17) is 4.42 Å². The van der Waals surface area contributed by atoms with Crippen LogP contribution >= 0.6 is 0 Å². The van der Waals surface area contributed by atoms with E-state index >= 15 is 0 Å². The number of methoxy groups -OCH3 is 1. The fraction of sp³-hybridized carbons (Fsp3) is 0.130. The molecule has 0 saturated heterocycles. The van der Waals surface area contributed by atoms with Crippen molar-refractivity contribution in [3.63, 3.8) is 0 Å². The number of nitro benzene ring substituents is 1. The SMILES string of the molecule is COC(=O)c1ccc(Cn2cc(C=Nc3ccc(C)c([N+](=O)[O-])c3)c3ccccc32)o1. The van der Waals surface area contributed by atoms with Gasteiger partial charge in [-0.25, -0.2) is 4.79 Å². The van der Waals surface area contributed by atoms with Gasteiger partial charge in [0.2, 0.25) is 5.76 Å². The molecule has 2 aromatic heterocycles. The predicted molar refractivity (Wildman–Crippen MR) is 116 cm³/mol. The highest BCUT2D eigenvalue weighted by atomic mass is 16.6. The first-order chi connectivity index (χ1) is 15.0. The maximum absolute atomic E-state index is 11.6. The first kappa shape index (κ1) is 20.1. The van der Waals surface area contributed by atoms with Crippen LogP contribution in [0.1, 0.15) is 27.4 Å². The van der Waals surface area contributed by atoms with E-state index in [0.717, 1.165) is 16.5 Å². The molecule has 0 N–H and O–H groups in total. The number of ether oxygens (including phenoxy) is 1. The zero-order chi connectivity index (χ0) is 22.0. The Balaban J connectivity index is 1.66. The topological polar surface area (TPSA) is 99.9 Å². The molecule has 2 heterocycles. The van der Waals surface area contributed by atoms with Gasteiger partial charge in [0.15, 0.2) is 0 Å². The summed E-state index contributed by atoms with van der Waals surface area (Å²) in [6.45, 7) is 2.11. The Labute approximate surface area is 177 Å². The maximum Gasteiger partial charge on any atom is 0.373 e. The van der Waals surface area contributed by atoms with Gasteiger partial charge in [-0.15, -0.1) is 0 Å². The number of nitro groups is 1. The number of nitrogens with zero attached hydrogens (tertiary/aromatic N) is 3. The Morgan fingerprint density at radius 2 is 2.03 bits per heavy atom. The molecule has 4 rings (SSSR count). The Hall–Kier alpha value is -4.20. The van der Waals surface area contributed by atoms with Crippen LogP contribution in [-0.2, 0) is 11.3 Å². The third-order valence-corrected chi connectivity index (χ3v) is 4.94. The molecule has 0 saturated carbocycles. The number of esters is 1. The molecule has 0 fully saturated rings. The molecular weight excluding hydrogens is 398 g/mol. The van der Waals surface area contributed by atoms with E-state index in [1.54, 1.807) is 37.4 Å². The first-order valence-corrected chi connectivity index (χ1v) is 9.50. The summed E-state index contributed by atoms with van der Waals surface area (Å²) in [5.74, 6) is 0.235. The average Bonchev–Trinajstić information content (AvgIpc) is 3.38. The highest BCUT2D eigenvalue weighted by Gasteiger charge is 2.14. The average molecular weight is 417 g/mol. The number of aromatic nitrogens is 1. The zero-order valence-electron chi connectivity index (χ0n) is 16.9. The van der Waals surface area contributed by atoms with Crippen LogP contribution in [0.4, 0.5) is 11.4 Å². The van der Waals surface area contributed by atoms with Crippen molar-refractivity contribution in [1.82, 2.24) is 4.57 Å². The molecule has 0 unspecified atom stereocenters. The van der Waals surface area contributed by atoms with Crippen LogP contribution in [0.3, 0.4) is 0 Å². The third kappa shape index (κ3) is 4.09. The van der Waals surface area contributed by atoms with Crippen molar-refractivity contribution >= 4 is 34.5 Å². The molecule has 0 atom stereocenters. The lowest BCUT2D eigenvalue weighted by Gasteiger charge is -2.02. The van der Waals surface area contributed by atoms with Crippen molar-refractivity contribution < 1.29 is 18.9 Å². The van der Waals surface area contributed by atoms with Crippen molar-refractivity contribution in [1.29, 1.82) is 0 Å². The summed E-state index contributed by atoms with van der Waals surface area (Å²) < 4.78 is 12.3. The normalized spacial score (nSPS) is 11.3. The van der Waals surface area contributed by atoms with Crippen molar-refractivity contribution in [2.75, 3.05) is 7.11 Å². The first-order valence-electron chi connectivity index (χ1n) is 9.50. The molecule has 0 aliphatic rings. The minimum atomic E-state index is -0.524. The summed E-state index contributed by atoms with van der Waals surface area (Å²) in [5.41, 5.74) is 2.96. The second-order valence-electron chi connectivity index (χ2n) is 6.97. The van der Waals surface area contributed by atoms with Crippen LogP contribution in [0.5, 0.6) is 0 Å². The molecule has 0 aliphatic carbocycles. The van der Waals surface area contributed by atoms with Gasteiger partial charge >= 0.3 is 5.97 Å². The molecule has 0 aliphatic heterocycles. The van der Waals surface area contributed by atoms with Gasteiger partial charge in [-0.05, 0) is 31.2 Å². The molecule has 0 amide bonds. The van der Waals surface area contributed by atoms with E-state index in [2.05, 4.69) is 9.73 Å². The monoisotopic (exact) mass is 417 g/mol.